The van der Waals surface area contributed by atoms with Crippen molar-refractivity contribution in [2.45, 2.75) is 26.6 Å². The SMILES string of the molecule is CCNC(=NCc1cccnc1OCc1ccccc1)NCc1cccs1. The standard InChI is InChI=1S/C21H24N4OS/c1-2-22-21(25-15-19-11-7-13-27-19)24-14-18-10-6-12-23-20(18)26-16-17-8-4-3-5-9-17/h3-13H,2,14-16H2,1H3,(H2,22,24,25). The van der Waals surface area contributed by atoms with E-state index in [0.717, 1.165) is 30.2 Å². The maximum Gasteiger partial charge on any atom is 0.218 e. The number of ether oxygens (including phenoxy) is 1. The van der Waals surface area contributed by atoms with E-state index >= 15 is 0 Å². The van der Waals surface area contributed by atoms with Gasteiger partial charge in [-0.15, -0.1) is 11.3 Å². The summed E-state index contributed by atoms with van der Waals surface area (Å²) in [5, 5.41) is 8.71. The van der Waals surface area contributed by atoms with Crippen LogP contribution in [0.5, 0.6) is 5.88 Å². The molecule has 5 nitrogen and oxygen atoms in total. The molecule has 0 saturated heterocycles. The Kier molecular flexibility index (Phi) is 7.24. The van der Waals surface area contributed by atoms with Crippen molar-refractivity contribution >= 4 is 17.3 Å². The Hall–Kier alpha value is -2.86. The number of rotatable bonds is 8. The van der Waals surface area contributed by atoms with Crippen molar-refractivity contribution in [1.29, 1.82) is 0 Å². The number of nitrogens with zero attached hydrogens (tertiary/aromatic N) is 2. The lowest BCUT2D eigenvalue weighted by molar-refractivity contribution is 0.290. The molecule has 2 heterocycles. The summed E-state index contributed by atoms with van der Waals surface area (Å²) in [6.45, 7) is 4.61. The predicted molar refractivity (Wildman–Crippen MR) is 111 cm³/mol. The molecule has 6 heteroatoms. The third-order valence-electron chi connectivity index (χ3n) is 3.83. The summed E-state index contributed by atoms with van der Waals surface area (Å²) < 4.78 is 5.91. The predicted octanol–water partition coefficient (Wildman–Crippen LogP) is 3.98. The van der Waals surface area contributed by atoms with Crippen molar-refractivity contribution in [3.8, 4) is 5.88 Å². The lowest BCUT2D eigenvalue weighted by atomic mass is 10.2. The van der Waals surface area contributed by atoms with E-state index in [4.69, 9.17) is 4.74 Å². The number of hydrogen-bond donors (Lipinski definition) is 2. The average molecular weight is 381 g/mol. The Morgan fingerprint density at radius 3 is 2.74 bits per heavy atom. The van der Waals surface area contributed by atoms with E-state index in [1.54, 1.807) is 17.5 Å². The van der Waals surface area contributed by atoms with Crippen LogP contribution in [0, 0.1) is 0 Å². The fourth-order valence-electron chi connectivity index (χ4n) is 2.49. The summed E-state index contributed by atoms with van der Waals surface area (Å²) in [7, 11) is 0. The normalized spacial score (nSPS) is 11.2. The molecule has 0 saturated carbocycles. The Morgan fingerprint density at radius 1 is 1.07 bits per heavy atom. The monoisotopic (exact) mass is 380 g/mol. The highest BCUT2D eigenvalue weighted by Crippen LogP contribution is 2.17. The number of hydrogen-bond acceptors (Lipinski definition) is 4. The number of pyridine rings is 1. The fraction of sp³-hybridized carbons (Fsp3) is 0.238. The van der Waals surface area contributed by atoms with E-state index in [0.29, 0.717) is 19.0 Å². The second-order valence-corrected chi connectivity index (χ2v) is 6.90. The molecule has 0 aliphatic heterocycles. The van der Waals surface area contributed by atoms with Crippen molar-refractivity contribution in [1.82, 2.24) is 15.6 Å². The first-order chi connectivity index (χ1) is 13.3. The lowest BCUT2D eigenvalue weighted by Crippen LogP contribution is -2.36. The Labute approximate surface area is 164 Å². The average Bonchev–Trinajstić information content (AvgIpc) is 3.23. The number of nitrogens with one attached hydrogen (secondary N) is 2. The third kappa shape index (κ3) is 6.11. The van der Waals surface area contributed by atoms with Crippen molar-refractivity contribution in [3.63, 3.8) is 0 Å². The molecule has 0 unspecified atom stereocenters. The van der Waals surface area contributed by atoms with Gasteiger partial charge in [0.2, 0.25) is 5.88 Å². The Bertz CT molecular complexity index is 834. The zero-order valence-electron chi connectivity index (χ0n) is 15.4. The highest BCUT2D eigenvalue weighted by molar-refractivity contribution is 7.09. The van der Waals surface area contributed by atoms with E-state index < -0.39 is 0 Å². The van der Waals surface area contributed by atoms with Crippen LogP contribution in [0.15, 0.2) is 71.2 Å². The van der Waals surface area contributed by atoms with Crippen LogP contribution in [0.25, 0.3) is 0 Å². The largest absolute Gasteiger partial charge is 0.473 e. The molecule has 0 aliphatic carbocycles. The molecule has 27 heavy (non-hydrogen) atoms. The molecule has 0 bridgehead atoms. The van der Waals surface area contributed by atoms with Gasteiger partial charge in [0.15, 0.2) is 5.96 Å². The fourth-order valence-corrected chi connectivity index (χ4v) is 3.13. The minimum atomic E-state index is 0.491. The highest BCUT2D eigenvalue weighted by Gasteiger charge is 2.06. The van der Waals surface area contributed by atoms with Crippen LogP contribution in [0.3, 0.4) is 0 Å². The molecule has 0 aliphatic rings. The van der Waals surface area contributed by atoms with Crippen LogP contribution in [0.1, 0.15) is 22.9 Å². The number of aliphatic imine (C=N–C) groups is 1. The van der Waals surface area contributed by atoms with Gasteiger partial charge in [0, 0.05) is 23.2 Å². The van der Waals surface area contributed by atoms with E-state index in [2.05, 4.69) is 45.0 Å². The summed E-state index contributed by atoms with van der Waals surface area (Å²) >= 11 is 1.73. The van der Waals surface area contributed by atoms with E-state index in [1.807, 2.05) is 42.5 Å². The number of aromatic nitrogens is 1. The van der Waals surface area contributed by atoms with Crippen LogP contribution in [0.2, 0.25) is 0 Å². The summed E-state index contributed by atoms with van der Waals surface area (Å²) in [5.41, 5.74) is 2.07. The molecule has 3 aromatic rings. The molecule has 0 amide bonds. The molecule has 2 aromatic heterocycles. The first-order valence-corrected chi connectivity index (χ1v) is 9.88. The number of thiophene rings is 1. The van der Waals surface area contributed by atoms with Crippen molar-refractivity contribution in [2.75, 3.05) is 6.54 Å². The van der Waals surface area contributed by atoms with Gasteiger partial charge in [-0.1, -0.05) is 42.5 Å². The van der Waals surface area contributed by atoms with Crippen molar-refractivity contribution < 1.29 is 4.74 Å². The van der Waals surface area contributed by atoms with Crippen LogP contribution in [0.4, 0.5) is 0 Å². The van der Waals surface area contributed by atoms with Gasteiger partial charge in [0.25, 0.3) is 0 Å². The molecule has 0 radical (unpaired) electrons. The molecule has 1 aromatic carbocycles. The van der Waals surface area contributed by atoms with E-state index in [9.17, 15) is 0 Å². The maximum absolute atomic E-state index is 5.91. The van der Waals surface area contributed by atoms with Gasteiger partial charge in [0.1, 0.15) is 6.61 Å². The minimum absolute atomic E-state index is 0.491. The molecule has 3 rings (SSSR count). The van der Waals surface area contributed by atoms with Crippen molar-refractivity contribution in [2.24, 2.45) is 4.99 Å². The van der Waals surface area contributed by atoms with Gasteiger partial charge in [-0.3, -0.25) is 0 Å². The van der Waals surface area contributed by atoms with Gasteiger partial charge < -0.3 is 15.4 Å². The summed E-state index contributed by atoms with van der Waals surface area (Å²) in [5.74, 6) is 1.41. The Balaban J connectivity index is 1.63. The second kappa shape index (κ2) is 10.3. The lowest BCUT2D eigenvalue weighted by Gasteiger charge is -2.12. The molecule has 140 valence electrons. The Morgan fingerprint density at radius 2 is 1.96 bits per heavy atom. The van der Waals surface area contributed by atoms with Crippen LogP contribution >= 0.6 is 11.3 Å². The summed E-state index contributed by atoms with van der Waals surface area (Å²) in [6.07, 6.45) is 1.74. The van der Waals surface area contributed by atoms with Gasteiger partial charge >= 0.3 is 0 Å². The maximum atomic E-state index is 5.91. The first-order valence-electron chi connectivity index (χ1n) is 9.00. The zero-order chi connectivity index (χ0) is 18.7. The minimum Gasteiger partial charge on any atom is -0.473 e. The van der Waals surface area contributed by atoms with Crippen LogP contribution in [-0.4, -0.2) is 17.5 Å². The quantitative estimate of drug-likeness (QED) is 0.458. The van der Waals surface area contributed by atoms with Gasteiger partial charge in [-0.2, -0.15) is 0 Å². The molecule has 0 fully saturated rings. The van der Waals surface area contributed by atoms with Crippen molar-refractivity contribution in [3.05, 3.63) is 82.2 Å². The highest BCUT2D eigenvalue weighted by atomic mass is 32.1. The van der Waals surface area contributed by atoms with Crippen LogP contribution in [-0.2, 0) is 19.7 Å². The molecular weight excluding hydrogens is 356 g/mol. The first kappa shape index (κ1) is 18.9. The van der Waals surface area contributed by atoms with Gasteiger partial charge in [0.05, 0.1) is 13.1 Å². The van der Waals surface area contributed by atoms with Gasteiger partial charge in [-0.25, -0.2) is 9.98 Å². The molecular formula is C21H24N4OS. The van der Waals surface area contributed by atoms with Crippen LogP contribution < -0.4 is 15.4 Å². The number of guanidine groups is 1. The molecule has 2 N–H and O–H groups in total. The molecule has 0 spiro atoms. The molecule has 0 atom stereocenters. The topological polar surface area (TPSA) is 58.5 Å². The number of benzene rings is 1. The van der Waals surface area contributed by atoms with Gasteiger partial charge in [-0.05, 0) is 30.0 Å². The third-order valence-corrected chi connectivity index (χ3v) is 4.71. The summed E-state index contributed by atoms with van der Waals surface area (Å²) in [6, 6.07) is 18.2. The van der Waals surface area contributed by atoms with E-state index in [-0.39, 0.29) is 0 Å². The smallest absolute Gasteiger partial charge is 0.218 e. The summed E-state index contributed by atoms with van der Waals surface area (Å²) in [4.78, 5) is 10.3. The van der Waals surface area contributed by atoms with E-state index in [1.165, 1.54) is 4.88 Å². The zero-order valence-corrected chi connectivity index (χ0v) is 16.2. The second-order valence-electron chi connectivity index (χ2n) is 5.87.